The molecule has 0 N–H and O–H groups in total. The van der Waals surface area contributed by atoms with Crippen molar-refractivity contribution in [2.45, 2.75) is 0 Å². The van der Waals surface area contributed by atoms with Gasteiger partial charge < -0.3 is 47.5 Å². The van der Waals surface area contributed by atoms with Gasteiger partial charge in [-0.3, -0.25) is 0 Å². The molecule has 0 radical (unpaired) electrons. The van der Waals surface area contributed by atoms with Gasteiger partial charge in [0.1, 0.15) is 5.75 Å². The third-order valence-corrected chi connectivity index (χ3v) is 4.78. The van der Waals surface area contributed by atoms with E-state index in [9.17, 15) is 0 Å². The second kappa shape index (κ2) is 24.2. The topological polar surface area (TPSA) is 86.3 Å². The van der Waals surface area contributed by atoms with Crippen LogP contribution in [0.4, 0.5) is 5.69 Å². The van der Waals surface area contributed by atoms with Crippen LogP contribution in [0.2, 0.25) is 0 Å². The Bertz CT molecular complexity index is 554. The molecule has 0 amide bonds. The molecule has 204 valence electrons. The molecule has 1 rings (SSSR count). The summed E-state index contributed by atoms with van der Waals surface area (Å²) in [6.45, 7) is 9.31. The molecule has 0 atom stereocenters. The third kappa shape index (κ3) is 18.4. The van der Waals surface area contributed by atoms with Crippen molar-refractivity contribution < 1.29 is 42.6 Å². The third-order valence-electron chi connectivity index (χ3n) is 4.78. The van der Waals surface area contributed by atoms with Crippen LogP contribution in [0.1, 0.15) is 0 Å². The Morgan fingerprint density at radius 3 is 1.31 bits per heavy atom. The van der Waals surface area contributed by atoms with Gasteiger partial charge in [0.05, 0.1) is 99.6 Å². The summed E-state index contributed by atoms with van der Waals surface area (Å²) in [5.74, 6) is 0.816. The Morgan fingerprint density at radius 1 is 0.514 bits per heavy atom. The van der Waals surface area contributed by atoms with Crippen molar-refractivity contribution >= 4 is 5.69 Å². The molecule has 10 nitrogen and oxygen atoms in total. The molecule has 0 spiro atoms. The molecular formula is C25H45NO9. The van der Waals surface area contributed by atoms with Crippen LogP contribution in [0.3, 0.4) is 0 Å². The molecule has 1 aromatic carbocycles. The Hall–Kier alpha value is -1.50. The van der Waals surface area contributed by atoms with E-state index in [2.05, 4.69) is 11.0 Å². The molecule has 10 heteroatoms. The first-order valence-corrected chi connectivity index (χ1v) is 12.1. The molecule has 0 heterocycles. The highest BCUT2D eigenvalue weighted by molar-refractivity contribution is 5.50. The maximum absolute atomic E-state index is 5.75. The van der Waals surface area contributed by atoms with Crippen molar-refractivity contribution in [2.75, 3.05) is 132 Å². The van der Waals surface area contributed by atoms with E-state index < -0.39 is 0 Å². The van der Waals surface area contributed by atoms with E-state index in [4.69, 9.17) is 42.6 Å². The predicted octanol–water partition coefficient (Wildman–Crippen LogP) is 1.89. The van der Waals surface area contributed by atoms with E-state index in [1.807, 2.05) is 18.2 Å². The molecule has 0 saturated heterocycles. The van der Waals surface area contributed by atoms with Crippen LogP contribution in [-0.2, 0) is 37.9 Å². The summed E-state index contributed by atoms with van der Waals surface area (Å²) in [5, 5.41) is 0. The number of ether oxygens (including phenoxy) is 9. The smallest absolute Gasteiger partial charge is 0.120 e. The first-order chi connectivity index (χ1) is 17.3. The van der Waals surface area contributed by atoms with Crippen LogP contribution in [0.5, 0.6) is 5.75 Å². The largest absolute Gasteiger partial charge is 0.497 e. The van der Waals surface area contributed by atoms with E-state index in [-0.39, 0.29) is 0 Å². The summed E-state index contributed by atoms with van der Waals surface area (Å²) >= 11 is 0. The summed E-state index contributed by atoms with van der Waals surface area (Å²) < 4.78 is 48.5. The molecule has 0 aliphatic heterocycles. The second-order valence-electron chi connectivity index (χ2n) is 7.35. The highest BCUT2D eigenvalue weighted by Crippen LogP contribution is 2.20. The van der Waals surface area contributed by atoms with Crippen molar-refractivity contribution in [1.82, 2.24) is 0 Å². The van der Waals surface area contributed by atoms with Crippen LogP contribution < -0.4 is 9.64 Å². The van der Waals surface area contributed by atoms with Gasteiger partial charge in [-0.05, 0) is 12.1 Å². The molecule has 0 unspecified atom stereocenters. The molecule has 1 aromatic rings. The summed E-state index contributed by atoms with van der Waals surface area (Å²) in [6.07, 6.45) is 0. The molecule has 0 fully saturated rings. The highest BCUT2D eigenvalue weighted by Gasteiger charge is 2.08. The van der Waals surface area contributed by atoms with Gasteiger partial charge in [-0.2, -0.15) is 0 Å². The van der Waals surface area contributed by atoms with Gasteiger partial charge in [0.15, 0.2) is 0 Å². The van der Waals surface area contributed by atoms with Gasteiger partial charge >= 0.3 is 0 Å². The van der Waals surface area contributed by atoms with Crippen LogP contribution in [0.15, 0.2) is 24.3 Å². The van der Waals surface area contributed by atoms with Gasteiger partial charge in [-0.15, -0.1) is 0 Å². The lowest BCUT2D eigenvalue weighted by atomic mass is 10.2. The van der Waals surface area contributed by atoms with Crippen LogP contribution in [0, 0.1) is 0 Å². The van der Waals surface area contributed by atoms with Crippen molar-refractivity contribution in [1.29, 1.82) is 0 Å². The number of methoxy groups -OCH3 is 3. The van der Waals surface area contributed by atoms with E-state index >= 15 is 0 Å². The molecule has 0 aromatic heterocycles. The Morgan fingerprint density at radius 2 is 0.914 bits per heavy atom. The van der Waals surface area contributed by atoms with Gasteiger partial charge in [-0.25, -0.2) is 0 Å². The lowest BCUT2D eigenvalue weighted by Gasteiger charge is -2.25. The summed E-state index contributed by atoms with van der Waals surface area (Å²) in [4.78, 5) is 2.22. The van der Waals surface area contributed by atoms with Crippen molar-refractivity contribution in [3.63, 3.8) is 0 Å². The minimum absolute atomic E-state index is 0.535. The minimum Gasteiger partial charge on any atom is -0.497 e. The summed E-state index contributed by atoms with van der Waals surface area (Å²) in [5.41, 5.74) is 1.06. The fourth-order valence-corrected chi connectivity index (χ4v) is 2.89. The average Bonchev–Trinajstić information content (AvgIpc) is 2.89. The SMILES string of the molecule is COCCOCCOCCOCCN(CCOCCOCCOCCOC)c1cccc(OC)c1. The van der Waals surface area contributed by atoms with Gasteiger partial charge in [0.2, 0.25) is 0 Å². The Labute approximate surface area is 210 Å². The van der Waals surface area contributed by atoms with E-state index in [0.717, 1.165) is 24.5 Å². The zero-order chi connectivity index (χ0) is 25.2. The average molecular weight is 504 g/mol. The monoisotopic (exact) mass is 503 g/mol. The molecule has 35 heavy (non-hydrogen) atoms. The molecule has 0 aliphatic carbocycles. The Kier molecular flexibility index (Phi) is 21.8. The fraction of sp³-hybridized carbons (Fsp3) is 0.760. The number of hydrogen-bond donors (Lipinski definition) is 0. The molecule has 0 aliphatic rings. The van der Waals surface area contributed by atoms with Gasteiger partial charge in [-0.1, -0.05) is 6.07 Å². The summed E-state index contributed by atoms with van der Waals surface area (Å²) in [6, 6.07) is 7.98. The number of benzene rings is 1. The molecule has 0 bridgehead atoms. The van der Waals surface area contributed by atoms with Crippen molar-refractivity contribution in [2.24, 2.45) is 0 Å². The zero-order valence-electron chi connectivity index (χ0n) is 21.7. The predicted molar refractivity (Wildman–Crippen MR) is 134 cm³/mol. The fourth-order valence-electron chi connectivity index (χ4n) is 2.89. The number of anilines is 1. The van der Waals surface area contributed by atoms with Crippen LogP contribution in [-0.4, -0.2) is 127 Å². The summed E-state index contributed by atoms with van der Waals surface area (Å²) in [7, 11) is 4.97. The van der Waals surface area contributed by atoms with E-state index in [1.54, 1.807) is 21.3 Å². The minimum atomic E-state index is 0.535. The highest BCUT2D eigenvalue weighted by atomic mass is 16.6. The first kappa shape index (κ1) is 31.5. The Balaban J connectivity index is 2.20. The second-order valence-corrected chi connectivity index (χ2v) is 7.35. The number of hydrogen-bond acceptors (Lipinski definition) is 10. The standard InChI is InChI=1S/C25H45NO9/c1-27-11-13-32-19-21-34-17-15-30-9-7-26(24-5-4-6-25(23-24)29-3)8-10-31-16-18-35-22-20-33-14-12-28-2/h4-6,23H,7-22H2,1-3H3. The molecule has 0 saturated carbocycles. The van der Waals surface area contributed by atoms with Gasteiger partial charge in [0.25, 0.3) is 0 Å². The van der Waals surface area contributed by atoms with E-state index in [0.29, 0.717) is 92.5 Å². The molecular weight excluding hydrogens is 458 g/mol. The van der Waals surface area contributed by atoms with Crippen molar-refractivity contribution in [3.8, 4) is 5.75 Å². The lowest BCUT2D eigenvalue weighted by molar-refractivity contribution is 0.00301. The maximum atomic E-state index is 5.75. The maximum Gasteiger partial charge on any atom is 0.120 e. The quantitative estimate of drug-likeness (QED) is 0.175. The normalized spacial score (nSPS) is 11.2. The van der Waals surface area contributed by atoms with Crippen LogP contribution in [0.25, 0.3) is 0 Å². The van der Waals surface area contributed by atoms with Crippen LogP contribution >= 0.6 is 0 Å². The van der Waals surface area contributed by atoms with Crippen molar-refractivity contribution in [3.05, 3.63) is 24.3 Å². The van der Waals surface area contributed by atoms with Gasteiger partial charge in [0, 0.05) is 39.1 Å². The van der Waals surface area contributed by atoms with E-state index in [1.165, 1.54) is 0 Å². The lowest BCUT2D eigenvalue weighted by Crippen LogP contribution is -2.31. The first-order valence-electron chi connectivity index (χ1n) is 12.1. The number of rotatable bonds is 26. The number of nitrogens with zero attached hydrogens (tertiary/aromatic N) is 1. The zero-order valence-corrected chi connectivity index (χ0v) is 21.7.